The first kappa shape index (κ1) is 23.9. The van der Waals surface area contributed by atoms with Crippen LogP contribution in [0.25, 0.3) is 0 Å². The highest BCUT2D eigenvalue weighted by molar-refractivity contribution is 7.89. The molecule has 0 radical (unpaired) electrons. The minimum absolute atomic E-state index is 0.0294. The number of hydrogen-bond donors (Lipinski definition) is 0. The van der Waals surface area contributed by atoms with Crippen LogP contribution in [0.5, 0.6) is 11.5 Å². The van der Waals surface area contributed by atoms with E-state index < -0.39 is 22.1 Å². The lowest BCUT2D eigenvalue weighted by molar-refractivity contribution is -0.186. The molecule has 0 aliphatic carbocycles. The topological polar surface area (TPSA) is 79.4 Å². The number of carbonyl (C=O) groups excluding carboxylic acids is 1. The third kappa shape index (κ3) is 4.82. The van der Waals surface area contributed by atoms with Gasteiger partial charge in [-0.2, -0.15) is 17.5 Å². The molecule has 0 saturated carbocycles. The molecule has 1 amide bonds. The van der Waals surface area contributed by atoms with Crippen LogP contribution in [0.15, 0.2) is 41.3 Å². The zero-order chi connectivity index (χ0) is 24.8. The lowest BCUT2D eigenvalue weighted by atomic mass is 10.00. The number of nitrogens with zero attached hydrogens (tertiary/aromatic N) is 3. The Balaban J connectivity index is 1.24. The Hall–Kier alpha value is -2.83. The Kier molecular flexibility index (Phi) is 6.14. The SMILES string of the molecule is O=C(N1CCc2ccc(S(=O)(=O)N3CCN(Cc4ccc5c(c4)OCO5)CC3)cc2C1)C(F)(F)F. The van der Waals surface area contributed by atoms with Crippen molar-refractivity contribution in [2.75, 3.05) is 39.5 Å². The van der Waals surface area contributed by atoms with Crippen molar-refractivity contribution >= 4 is 15.9 Å². The largest absolute Gasteiger partial charge is 0.471 e. The maximum Gasteiger partial charge on any atom is 0.471 e. The Bertz CT molecular complexity index is 1240. The first-order valence-corrected chi connectivity index (χ1v) is 12.6. The van der Waals surface area contributed by atoms with E-state index in [2.05, 4.69) is 4.90 Å². The second kappa shape index (κ2) is 8.99. The zero-order valence-electron chi connectivity index (χ0n) is 18.8. The molecule has 0 unspecified atom stereocenters. The highest BCUT2D eigenvalue weighted by atomic mass is 32.2. The molecule has 2 aromatic rings. The van der Waals surface area contributed by atoms with Crippen molar-refractivity contribution in [3.05, 3.63) is 53.1 Å². The number of rotatable bonds is 4. The number of benzene rings is 2. The fraction of sp³-hybridized carbons (Fsp3) is 0.435. The van der Waals surface area contributed by atoms with Gasteiger partial charge in [0.25, 0.3) is 0 Å². The maximum absolute atomic E-state index is 13.3. The van der Waals surface area contributed by atoms with Gasteiger partial charge in [-0.3, -0.25) is 9.69 Å². The second-order valence-corrected chi connectivity index (χ2v) is 10.7. The third-order valence-electron chi connectivity index (χ3n) is 6.53. The summed E-state index contributed by atoms with van der Waals surface area (Å²) < 4.78 is 77.2. The monoisotopic (exact) mass is 511 g/mol. The minimum atomic E-state index is -4.96. The molecule has 35 heavy (non-hydrogen) atoms. The molecule has 0 N–H and O–H groups in total. The minimum Gasteiger partial charge on any atom is -0.454 e. The third-order valence-corrected chi connectivity index (χ3v) is 8.43. The molecule has 5 rings (SSSR count). The molecule has 0 atom stereocenters. The summed E-state index contributed by atoms with van der Waals surface area (Å²) in [6, 6.07) is 10.3. The summed E-state index contributed by atoms with van der Waals surface area (Å²) in [6.07, 6.45) is -4.71. The van der Waals surface area contributed by atoms with Crippen molar-refractivity contribution in [1.29, 1.82) is 0 Å². The van der Waals surface area contributed by atoms with Crippen molar-refractivity contribution in [3.63, 3.8) is 0 Å². The molecule has 1 saturated heterocycles. The first-order chi connectivity index (χ1) is 16.6. The van der Waals surface area contributed by atoms with E-state index >= 15 is 0 Å². The molecule has 3 aliphatic heterocycles. The van der Waals surface area contributed by atoms with E-state index in [1.807, 2.05) is 18.2 Å². The van der Waals surface area contributed by atoms with Gasteiger partial charge in [0.05, 0.1) is 4.90 Å². The van der Waals surface area contributed by atoms with Crippen molar-refractivity contribution in [1.82, 2.24) is 14.1 Å². The number of fused-ring (bicyclic) bond motifs is 2. The lowest BCUT2D eigenvalue weighted by Gasteiger charge is -2.34. The lowest BCUT2D eigenvalue weighted by Crippen LogP contribution is -2.48. The summed E-state index contributed by atoms with van der Waals surface area (Å²) in [6.45, 7) is 2.19. The summed E-state index contributed by atoms with van der Waals surface area (Å²) in [7, 11) is -3.82. The van der Waals surface area contributed by atoms with Crippen LogP contribution in [-0.2, 0) is 34.3 Å². The number of carbonyl (C=O) groups is 1. The van der Waals surface area contributed by atoms with Gasteiger partial charge >= 0.3 is 12.1 Å². The van der Waals surface area contributed by atoms with Crippen LogP contribution in [0.1, 0.15) is 16.7 Å². The number of piperazine rings is 1. The average molecular weight is 512 g/mol. The highest BCUT2D eigenvalue weighted by Gasteiger charge is 2.43. The van der Waals surface area contributed by atoms with Gasteiger partial charge < -0.3 is 14.4 Å². The summed E-state index contributed by atoms with van der Waals surface area (Å²) in [4.78, 5) is 14.5. The van der Waals surface area contributed by atoms with Crippen LogP contribution in [-0.4, -0.2) is 74.1 Å². The Labute approximate surface area is 200 Å². The summed E-state index contributed by atoms with van der Waals surface area (Å²) in [5, 5.41) is 0. The molecule has 12 heteroatoms. The highest BCUT2D eigenvalue weighted by Crippen LogP contribution is 2.33. The summed E-state index contributed by atoms with van der Waals surface area (Å²) in [5.74, 6) is -0.498. The van der Waals surface area contributed by atoms with Gasteiger partial charge in [-0.15, -0.1) is 0 Å². The molecule has 2 aromatic carbocycles. The molecule has 188 valence electrons. The van der Waals surface area contributed by atoms with E-state index in [9.17, 15) is 26.4 Å². The van der Waals surface area contributed by atoms with Crippen LogP contribution in [0.4, 0.5) is 13.2 Å². The molecule has 0 aromatic heterocycles. The first-order valence-electron chi connectivity index (χ1n) is 11.2. The van der Waals surface area contributed by atoms with E-state index in [4.69, 9.17) is 9.47 Å². The van der Waals surface area contributed by atoms with Gasteiger partial charge in [-0.05, 0) is 47.4 Å². The molecule has 3 aliphatic rings. The fourth-order valence-corrected chi connectivity index (χ4v) is 6.09. The molecular weight excluding hydrogens is 487 g/mol. The summed E-state index contributed by atoms with van der Waals surface area (Å²) in [5.41, 5.74) is 2.22. The van der Waals surface area contributed by atoms with Gasteiger partial charge in [0, 0.05) is 45.8 Å². The molecule has 8 nitrogen and oxygen atoms in total. The van der Waals surface area contributed by atoms with Crippen molar-refractivity contribution in [2.24, 2.45) is 0 Å². The second-order valence-electron chi connectivity index (χ2n) is 8.77. The normalized spacial score (nSPS) is 19.0. The van der Waals surface area contributed by atoms with Crippen LogP contribution < -0.4 is 9.47 Å². The predicted molar refractivity (Wildman–Crippen MR) is 118 cm³/mol. The standard InChI is InChI=1S/C23H24F3N3O5S/c24-23(25,26)22(30)28-6-5-17-2-3-19(12-18(17)14-28)35(31,32)29-9-7-27(8-10-29)13-16-1-4-20-21(11-16)34-15-33-20/h1-4,11-12H,5-10,13-15H2. The van der Waals surface area contributed by atoms with Crippen LogP contribution >= 0.6 is 0 Å². The number of hydrogen-bond acceptors (Lipinski definition) is 6. The predicted octanol–water partition coefficient (Wildman–Crippen LogP) is 2.37. The van der Waals surface area contributed by atoms with Gasteiger partial charge in [0.2, 0.25) is 16.8 Å². The van der Waals surface area contributed by atoms with Gasteiger partial charge in [0.15, 0.2) is 11.5 Å². The Morgan fingerprint density at radius 3 is 2.40 bits per heavy atom. The molecule has 1 fully saturated rings. The molecule has 0 spiro atoms. The van der Waals surface area contributed by atoms with Crippen LogP contribution in [0.3, 0.4) is 0 Å². The van der Waals surface area contributed by atoms with E-state index in [-0.39, 0.29) is 31.2 Å². The van der Waals surface area contributed by atoms with E-state index in [1.165, 1.54) is 16.4 Å². The van der Waals surface area contributed by atoms with E-state index in [0.717, 1.165) is 11.1 Å². The van der Waals surface area contributed by atoms with Crippen molar-refractivity contribution in [2.45, 2.75) is 30.6 Å². The van der Waals surface area contributed by atoms with Crippen LogP contribution in [0.2, 0.25) is 0 Å². The zero-order valence-corrected chi connectivity index (χ0v) is 19.6. The van der Waals surface area contributed by atoms with Gasteiger partial charge in [-0.25, -0.2) is 8.42 Å². The average Bonchev–Trinajstić information content (AvgIpc) is 3.30. The Morgan fingerprint density at radius 2 is 1.66 bits per heavy atom. The molecule has 0 bridgehead atoms. The van der Waals surface area contributed by atoms with E-state index in [1.54, 1.807) is 6.07 Å². The van der Waals surface area contributed by atoms with Crippen molar-refractivity contribution < 1.29 is 35.9 Å². The number of alkyl halides is 3. The number of ether oxygens (including phenoxy) is 2. The van der Waals surface area contributed by atoms with Gasteiger partial charge in [-0.1, -0.05) is 12.1 Å². The molecular formula is C23H24F3N3O5S. The smallest absolute Gasteiger partial charge is 0.454 e. The number of amides is 1. The number of sulfonamides is 1. The number of halogens is 3. The maximum atomic E-state index is 13.3. The fourth-order valence-electron chi connectivity index (χ4n) is 4.62. The van der Waals surface area contributed by atoms with Crippen molar-refractivity contribution in [3.8, 4) is 11.5 Å². The van der Waals surface area contributed by atoms with Crippen LogP contribution in [0, 0.1) is 0 Å². The summed E-state index contributed by atoms with van der Waals surface area (Å²) >= 11 is 0. The van der Waals surface area contributed by atoms with Gasteiger partial charge in [0.1, 0.15) is 0 Å². The molecule has 3 heterocycles. The quantitative estimate of drug-likeness (QED) is 0.627. The Morgan fingerprint density at radius 1 is 0.914 bits per heavy atom. The van der Waals surface area contributed by atoms with E-state index in [0.29, 0.717) is 54.7 Å².